The van der Waals surface area contributed by atoms with Crippen LogP contribution in [0, 0.1) is 0 Å². The predicted octanol–water partition coefficient (Wildman–Crippen LogP) is 3.71. The van der Waals surface area contributed by atoms with Gasteiger partial charge in [0.25, 0.3) is 11.8 Å². The monoisotopic (exact) mass is 697 g/mol. The molecule has 0 radical (unpaired) electrons. The number of hydrogen-bond acceptors (Lipinski definition) is 8. The van der Waals surface area contributed by atoms with E-state index in [4.69, 9.17) is 4.42 Å². The topological polar surface area (TPSA) is 165 Å². The van der Waals surface area contributed by atoms with Gasteiger partial charge in [0, 0.05) is 35.6 Å². The number of nitrogens with one attached hydrogen (secondary N) is 2. The van der Waals surface area contributed by atoms with Gasteiger partial charge in [0.2, 0.25) is 29.9 Å². The first-order chi connectivity index (χ1) is 23.0. The molecular weight excluding hydrogens is 668 g/mol. The van der Waals surface area contributed by atoms with Gasteiger partial charge in [-0.2, -0.15) is 26.3 Å². The van der Waals surface area contributed by atoms with Gasteiger partial charge in [-0.15, -0.1) is 0 Å². The molecule has 0 saturated carbocycles. The number of alkyl halides is 6. The summed E-state index contributed by atoms with van der Waals surface area (Å²) in [7, 11) is 0. The maximum absolute atomic E-state index is 12.8. The zero-order valence-electron chi connectivity index (χ0n) is 25.3. The molecule has 4 atom stereocenters. The summed E-state index contributed by atoms with van der Waals surface area (Å²) >= 11 is 0. The number of benzene rings is 2. The van der Waals surface area contributed by atoms with Crippen molar-refractivity contribution in [1.29, 1.82) is 0 Å². The molecule has 1 aromatic heterocycles. The highest BCUT2D eigenvalue weighted by molar-refractivity contribution is 5.99. The zero-order valence-corrected chi connectivity index (χ0v) is 25.3. The van der Waals surface area contributed by atoms with E-state index in [-0.39, 0.29) is 37.5 Å². The minimum atomic E-state index is -5.15. The van der Waals surface area contributed by atoms with Crippen molar-refractivity contribution in [1.82, 2.24) is 14.8 Å². The number of carbonyl (C=O) groups is 4. The number of likely N-dealkylation sites (tertiary alicyclic amines) is 2. The van der Waals surface area contributed by atoms with E-state index >= 15 is 0 Å². The van der Waals surface area contributed by atoms with Crippen molar-refractivity contribution >= 4 is 35.0 Å². The number of aliphatic hydroxyl groups is 2. The molecule has 4 amide bonds. The van der Waals surface area contributed by atoms with E-state index < -0.39 is 60.3 Å². The number of anilines is 2. The second kappa shape index (κ2) is 13.9. The van der Waals surface area contributed by atoms with Crippen LogP contribution in [0.25, 0.3) is 22.8 Å². The van der Waals surface area contributed by atoms with E-state index in [1.54, 1.807) is 24.3 Å². The Bertz CT molecular complexity index is 1570. The van der Waals surface area contributed by atoms with Crippen LogP contribution in [0.2, 0.25) is 0 Å². The summed E-state index contributed by atoms with van der Waals surface area (Å²) in [5, 5.41) is 23.8. The number of carbonyl (C=O) groups excluding carboxylic acids is 4. The van der Waals surface area contributed by atoms with Crippen LogP contribution in [-0.4, -0.2) is 98.4 Å². The Hall–Kier alpha value is -4.97. The molecule has 2 saturated heterocycles. The number of amides is 4. The van der Waals surface area contributed by atoms with Gasteiger partial charge in [-0.1, -0.05) is 0 Å². The van der Waals surface area contributed by atoms with E-state index in [1.807, 2.05) is 0 Å². The Morgan fingerprint density at radius 3 is 1.53 bits per heavy atom. The molecule has 3 heterocycles. The van der Waals surface area contributed by atoms with E-state index in [9.17, 15) is 55.7 Å². The molecule has 2 aromatic carbocycles. The molecule has 49 heavy (non-hydrogen) atoms. The molecule has 262 valence electrons. The summed E-state index contributed by atoms with van der Waals surface area (Å²) in [5.74, 6) is -4.04. The van der Waals surface area contributed by atoms with Gasteiger partial charge in [0.1, 0.15) is 12.1 Å². The number of aromatic nitrogens is 1. The normalized spacial score (nSPS) is 19.4. The molecule has 2 unspecified atom stereocenters. The Morgan fingerprint density at radius 2 is 1.12 bits per heavy atom. The zero-order chi connectivity index (χ0) is 35.7. The highest BCUT2D eigenvalue weighted by Crippen LogP contribution is 2.30. The molecule has 2 fully saturated rings. The van der Waals surface area contributed by atoms with Crippen LogP contribution in [0.5, 0.6) is 0 Å². The fraction of sp³-hybridized carbons (Fsp3) is 0.387. The molecule has 18 heteroatoms. The molecular formula is C31H29F6N5O7. The van der Waals surface area contributed by atoms with Crippen LogP contribution >= 0.6 is 0 Å². The molecule has 0 aliphatic carbocycles. The van der Waals surface area contributed by atoms with Crippen molar-refractivity contribution in [2.75, 3.05) is 23.7 Å². The molecule has 5 rings (SSSR count). The summed E-state index contributed by atoms with van der Waals surface area (Å²) in [4.78, 5) is 55.5. The first kappa shape index (κ1) is 35.3. The van der Waals surface area contributed by atoms with Gasteiger partial charge in [-0.05, 0) is 74.2 Å². The van der Waals surface area contributed by atoms with Gasteiger partial charge in [-0.3, -0.25) is 19.2 Å². The minimum absolute atomic E-state index is 0.102. The molecule has 2 aliphatic heterocycles. The van der Waals surface area contributed by atoms with Gasteiger partial charge in [-0.25, -0.2) is 4.98 Å². The van der Waals surface area contributed by atoms with Crippen LogP contribution < -0.4 is 10.6 Å². The first-order valence-electron chi connectivity index (χ1n) is 14.9. The van der Waals surface area contributed by atoms with E-state index in [1.165, 1.54) is 30.5 Å². The smallest absolute Gasteiger partial charge is 0.423 e. The summed E-state index contributed by atoms with van der Waals surface area (Å²) in [6.07, 6.45) is -14.5. The number of oxazole rings is 1. The largest absolute Gasteiger partial charge is 0.436 e. The van der Waals surface area contributed by atoms with E-state index in [2.05, 4.69) is 15.6 Å². The Labute approximate surface area is 273 Å². The van der Waals surface area contributed by atoms with Gasteiger partial charge < -0.3 is 35.1 Å². The van der Waals surface area contributed by atoms with Gasteiger partial charge in [0.05, 0.1) is 6.20 Å². The lowest BCUT2D eigenvalue weighted by Gasteiger charge is -2.27. The quantitative estimate of drug-likeness (QED) is 0.259. The molecule has 2 aliphatic rings. The van der Waals surface area contributed by atoms with Crippen molar-refractivity contribution < 1.29 is 60.2 Å². The summed E-state index contributed by atoms with van der Waals surface area (Å²) in [5.41, 5.74) is 1.64. The summed E-state index contributed by atoms with van der Waals surface area (Å²) in [6.45, 7) is -0.204. The second-order valence-electron chi connectivity index (χ2n) is 11.4. The summed E-state index contributed by atoms with van der Waals surface area (Å²) < 4.78 is 82.8. The highest BCUT2D eigenvalue weighted by Gasteiger charge is 2.49. The van der Waals surface area contributed by atoms with Crippen LogP contribution in [0.1, 0.15) is 25.7 Å². The Kier molecular flexibility index (Phi) is 10.0. The number of rotatable bonds is 8. The molecule has 3 aromatic rings. The fourth-order valence-electron chi connectivity index (χ4n) is 5.61. The fourth-order valence-corrected chi connectivity index (χ4v) is 5.61. The lowest BCUT2D eigenvalue weighted by molar-refractivity contribution is -0.211. The van der Waals surface area contributed by atoms with Crippen molar-refractivity contribution in [3.63, 3.8) is 0 Å². The van der Waals surface area contributed by atoms with Gasteiger partial charge in [0.15, 0.2) is 5.76 Å². The predicted molar refractivity (Wildman–Crippen MR) is 158 cm³/mol. The third-order valence-electron chi connectivity index (χ3n) is 8.11. The number of hydrogen-bond donors (Lipinski definition) is 4. The van der Waals surface area contributed by atoms with Crippen molar-refractivity contribution in [2.45, 2.75) is 62.3 Å². The SMILES string of the molecule is O=C(Nc1ccc(-c2cnc(-c3ccc(NC(=O)[C@@H]4CCCN4C(=O)C(O)C(F)(F)F)cc3)o2)cc1)[C@@H]1CCCN1C(=O)C(O)C(F)(F)F. The maximum Gasteiger partial charge on any atom is 0.423 e. The van der Waals surface area contributed by atoms with Crippen molar-refractivity contribution in [3.05, 3.63) is 54.7 Å². The molecule has 0 bridgehead atoms. The number of nitrogens with zero attached hydrogens (tertiary/aromatic N) is 3. The van der Waals surface area contributed by atoms with E-state index in [0.717, 1.165) is 9.80 Å². The lowest BCUT2D eigenvalue weighted by Crippen LogP contribution is -2.51. The number of halogens is 6. The van der Waals surface area contributed by atoms with Gasteiger partial charge >= 0.3 is 12.4 Å². The minimum Gasteiger partial charge on any atom is -0.436 e. The van der Waals surface area contributed by atoms with Crippen molar-refractivity contribution in [2.24, 2.45) is 0 Å². The second-order valence-corrected chi connectivity index (χ2v) is 11.4. The highest BCUT2D eigenvalue weighted by atomic mass is 19.4. The molecule has 4 N–H and O–H groups in total. The third kappa shape index (κ3) is 7.86. The standard InChI is InChI=1S/C31H29F6N5O7/c32-30(33,34)23(43)28(47)41-13-1-3-20(41)25(45)39-18-9-5-16(6-10-18)22-15-38-27(49-22)17-7-11-19(12-8-17)40-26(46)21-4-2-14-42(21)29(48)24(44)31(35,36)37/h5-12,15,20-21,23-24,43-44H,1-4,13-14H2,(H,39,45)(H,40,46)/t20-,21-,23?,24?/m0/s1. The van der Waals surface area contributed by atoms with Crippen molar-refractivity contribution in [3.8, 4) is 22.8 Å². The molecule has 0 spiro atoms. The first-order valence-corrected chi connectivity index (χ1v) is 14.9. The Morgan fingerprint density at radius 1 is 0.714 bits per heavy atom. The Balaban J connectivity index is 1.18. The van der Waals surface area contributed by atoms with E-state index in [0.29, 0.717) is 35.4 Å². The van der Waals surface area contributed by atoms with Crippen LogP contribution in [-0.2, 0) is 19.2 Å². The summed E-state index contributed by atoms with van der Waals surface area (Å²) in [6, 6.07) is 9.99. The average molecular weight is 698 g/mol. The van der Waals surface area contributed by atoms with Crippen LogP contribution in [0.15, 0.2) is 59.1 Å². The van der Waals surface area contributed by atoms with Crippen LogP contribution in [0.3, 0.4) is 0 Å². The lowest BCUT2D eigenvalue weighted by atomic mass is 10.1. The third-order valence-corrected chi connectivity index (χ3v) is 8.11. The van der Waals surface area contributed by atoms with Crippen LogP contribution in [0.4, 0.5) is 37.7 Å². The maximum atomic E-state index is 12.8. The molecule has 12 nitrogen and oxygen atoms in total. The number of aliphatic hydroxyl groups excluding tert-OH is 2. The average Bonchev–Trinajstić information content (AvgIpc) is 3.84.